The number of esters is 1. The molecule has 144 valence electrons. The quantitative estimate of drug-likeness (QED) is 0.453. The van der Waals surface area contributed by atoms with E-state index in [4.69, 9.17) is 4.74 Å². The summed E-state index contributed by atoms with van der Waals surface area (Å²) in [7, 11) is 0. The van der Waals surface area contributed by atoms with Crippen LogP contribution in [0.3, 0.4) is 0 Å². The van der Waals surface area contributed by atoms with Crippen LogP contribution in [0, 0.1) is 20.8 Å². The topological polar surface area (TPSA) is 80.8 Å². The molecule has 0 aromatic heterocycles. The largest absolute Gasteiger partial charge is 0.456 e. The molecule has 0 spiro atoms. The Hall–Kier alpha value is -3.28. The summed E-state index contributed by atoms with van der Waals surface area (Å²) in [5, 5.41) is 0. The Morgan fingerprint density at radius 1 is 1.04 bits per heavy atom. The molecule has 0 saturated heterocycles. The number of carbonyl (C=O) groups excluding carboxylic acids is 4. The third kappa shape index (κ3) is 3.86. The van der Waals surface area contributed by atoms with E-state index in [9.17, 15) is 19.2 Å². The molecular weight excluding hydrogens is 358 g/mol. The third-order valence-corrected chi connectivity index (χ3v) is 4.74. The van der Waals surface area contributed by atoms with Crippen LogP contribution in [-0.4, -0.2) is 41.6 Å². The van der Waals surface area contributed by atoms with Crippen molar-refractivity contribution in [3.05, 3.63) is 69.8 Å². The molecule has 0 aliphatic carbocycles. The highest BCUT2D eigenvalue weighted by atomic mass is 16.5. The van der Waals surface area contributed by atoms with Gasteiger partial charge in [0.2, 0.25) is 11.7 Å². The molecule has 2 aromatic carbocycles. The number of hydrogen-bond donors (Lipinski definition) is 0. The molecule has 28 heavy (non-hydrogen) atoms. The van der Waals surface area contributed by atoms with Gasteiger partial charge in [-0.05, 0) is 43.5 Å². The van der Waals surface area contributed by atoms with Crippen molar-refractivity contribution in [1.29, 1.82) is 0 Å². The van der Waals surface area contributed by atoms with Gasteiger partial charge in [0.15, 0.2) is 6.61 Å². The van der Waals surface area contributed by atoms with Gasteiger partial charge in [0.25, 0.3) is 5.91 Å². The van der Waals surface area contributed by atoms with Crippen LogP contribution in [0.15, 0.2) is 36.4 Å². The van der Waals surface area contributed by atoms with Crippen molar-refractivity contribution in [2.75, 3.05) is 13.2 Å². The molecule has 0 unspecified atom stereocenters. The maximum absolute atomic E-state index is 12.5. The molecule has 0 bridgehead atoms. The molecule has 1 aliphatic rings. The predicted octanol–water partition coefficient (Wildman–Crippen LogP) is 2.56. The second-order valence-corrected chi connectivity index (χ2v) is 6.98. The molecule has 0 saturated carbocycles. The number of fused-ring (bicyclic) bond motifs is 1. The molecule has 2 amide bonds. The van der Waals surface area contributed by atoms with Crippen molar-refractivity contribution in [2.24, 2.45) is 0 Å². The summed E-state index contributed by atoms with van der Waals surface area (Å²) in [6.45, 7) is 4.66. The normalized spacial score (nSPS) is 13.3. The van der Waals surface area contributed by atoms with Crippen molar-refractivity contribution in [1.82, 2.24) is 4.90 Å². The summed E-state index contributed by atoms with van der Waals surface area (Å²) in [6.07, 6.45) is 0.0515. The SMILES string of the molecule is Cc1cc(C)c(C(=O)COC(=O)CN2C(=O)Cc3ccccc3C2=O)c(C)c1. The van der Waals surface area contributed by atoms with Crippen molar-refractivity contribution >= 4 is 23.6 Å². The maximum atomic E-state index is 12.5. The number of amides is 2. The van der Waals surface area contributed by atoms with E-state index in [2.05, 4.69) is 0 Å². The predicted molar refractivity (Wildman–Crippen MR) is 102 cm³/mol. The lowest BCUT2D eigenvalue weighted by molar-refractivity contribution is -0.146. The van der Waals surface area contributed by atoms with Crippen LogP contribution in [0.4, 0.5) is 0 Å². The van der Waals surface area contributed by atoms with Crippen LogP contribution in [0.25, 0.3) is 0 Å². The zero-order valence-electron chi connectivity index (χ0n) is 16.1. The number of rotatable bonds is 5. The average molecular weight is 379 g/mol. The number of benzene rings is 2. The van der Waals surface area contributed by atoms with Crippen molar-refractivity contribution < 1.29 is 23.9 Å². The molecule has 3 rings (SSSR count). The van der Waals surface area contributed by atoms with Crippen LogP contribution in [0.5, 0.6) is 0 Å². The van der Waals surface area contributed by atoms with Gasteiger partial charge < -0.3 is 4.74 Å². The van der Waals surface area contributed by atoms with E-state index >= 15 is 0 Å². The van der Waals surface area contributed by atoms with E-state index in [1.165, 1.54) is 0 Å². The van der Waals surface area contributed by atoms with Crippen LogP contribution in [0.1, 0.15) is 43.0 Å². The minimum atomic E-state index is -0.795. The van der Waals surface area contributed by atoms with E-state index < -0.39 is 30.9 Å². The lowest BCUT2D eigenvalue weighted by Crippen LogP contribution is -2.45. The summed E-state index contributed by atoms with van der Waals surface area (Å²) in [4.78, 5) is 50.2. The Bertz CT molecular complexity index is 969. The molecule has 1 heterocycles. The highest BCUT2D eigenvalue weighted by Gasteiger charge is 2.32. The van der Waals surface area contributed by atoms with E-state index in [-0.39, 0.29) is 12.2 Å². The standard InChI is InChI=1S/C22H21NO5/c1-13-8-14(2)21(15(3)9-13)18(24)12-28-20(26)11-23-19(25)10-16-6-4-5-7-17(16)22(23)27/h4-9H,10-12H2,1-3H3. The summed E-state index contributed by atoms with van der Waals surface area (Å²) >= 11 is 0. The first-order chi connectivity index (χ1) is 13.3. The summed E-state index contributed by atoms with van der Waals surface area (Å²) in [5.74, 6) is -2.10. The Morgan fingerprint density at radius 3 is 2.36 bits per heavy atom. The highest BCUT2D eigenvalue weighted by molar-refractivity contribution is 6.11. The summed E-state index contributed by atoms with van der Waals surface area (Å²) in [5.41, 5.74) is 4.25. The first-order valence-electron chi connectivity index (χ1n) is 8.97. The van der Waals surface area contributed by atoms with E-state index in [0.717, 1.165) is 21.6 Å². The molecule has 6 heteroatoms. The maximum Gasteiger partial charge on any atom is 0.326 e. The number of ketones is 1. The second-order valence-electron chi connectivity index (χ2n) is 6.98. The van der Waals surface area contributed by atoms with Crippen LogP contribution in [-0.2, 0) is 20.7 Å². The summed E-state index contributed by atoms with van der Waals surface area (Å²) < 4.78 is 5.05. The van der Waals surface area contributed by atoms with Crippen molar-refractivity contribution in [3.8, 4) is 0 Å². The lowest BCUT2D eigenvalue weighted by atomic mass is 9.97. The fourth-order valence-corrected chi connectivity index (χ4v) is 3.57. The number of ether oxygens (including phenoxy) is 1. The Kier molecular flexibility index (Phi) is 5.40. The molecule has 0 radical (unpaired) electrons. The third-order valence-electron chi connectivity index (χ3n) is 4.74. The number of hydrogen-bond acceptors (Lipinski definition) is 5. The summed E-state index contributed by atoms with van der Waals surface area (Å²) in [6, 6.07) is 10.6. The van der Waals surface area contributed by atoms with E-state index in [0.29, 0.717) is 16.7 Å². The van der Waals surface area contributed by atoms with Gasteiger partial charge >= 0.3 is 5.97 Å². The zero-order valence-corrected chi connectivity index (χ0v) is 16.1. The highest BCUT2D eigenvalue weighted by Crippen LogP contribution is 2.20. The number of imide groups is 1. The molecular formula is C22H21NO5. The minimum absolute atomic E-state index is 0.0515. The first kappa shape index (κ1) is 19.5. The molecule has 6 nitrogen and oxygen atoms in total. The van der Waals surface area contributed by atoms with Crippen molar-refractivity contribution in [3.63, 3.8) is 0 Å². The molecule has 0 fully saturated rings. The fourth-order valence-electron chi connectivity index (χ4n) is 3.57. The van der Waals surface area contributed by atoms with Gasteiger partial charge in [-0.25, -0.2) is 0 Å². The van der Waals surface area contributed by atoms with E-state index in [1.807, 2.05) is 32.9 Å². The Labute approximate surface area is 163 Å². The number of carbonyl (C=O) groups is 4. The van der Waals surface area contributed by atoms with Gasteiger partial charge in [-0.15, -0.1) is 0 Å². The smallest absolute Gasteiger partial charge is 0.326 e. The Balaban J connectivity index is 1.64. The number of Topliss-reactive ketones (excluding diaryl/α,β-unsaturated/α-hetero) is 1. The van der Waals surface area contributed by atoms with E-state index in [1.54, 1.807) is 24.3 Å². The van der Waals surface area contributed by atoms with Crippen molar-refractivity contribution in [2.45, 2.75) is 27.2 Å². The van der Waals surface area contributed by atoms with Crippen LogP contribution in [0.2, 0.25) is 0 Å². The lowest BCUT2D eigenvalue weighted by Gasteiger charge is -2.25. The van der Waals surface area contributed by atoms with Crippen LogP contribution < -0.4 is 0 Å². The molecule has 2 aromatic rings. The Morgan fingerprint density at radius 2 is 1.68 bits per heavy atom. The fraction of sp³-hybridized carbons (Fsp3) is 0.273. The molecule has 0 N–H and O–H groups in total. The van der Waals surface area contributed by atoms with Gasteiger partial charge in [-0.1, -0.05) is 35.9 Å². The number of nitrogens with zero attached hydrogens (tertiary/aromatic N) is 1. The molecule has 0 atom stereocenters. The second kappa shape index (κ2) is 7.76. The number of aryl methyl sites for hydroxylation is 3. The van der Waals surface area contributed by atoms with Gasteiger partial charge in [-0.3, -0.25) is 24.1 Å². The first-order valence-corrected chi connectivity index (χ1v) is 8.97. The van der Waals surface area contributed by atoms with Gasteiger partial charge in [0.1, 0.15) is 6.54 Å². The monoisotopic (exact) mass is 379 g/mol. The zero-order chi connectivity index (χ0) is 20.4. The average Bonchev–Trinajstić information content (AvgIpc) is 2.62. The van der Waals surface area contributed by atoms with Gasteiger partial charge in [-0.2, -0.15) is 0 Å². The molecule has 1 aliphatic heterocycles. The van der Waals surface area contributed by atoms with Gasteiger partial charge in [0.05, 0.1) is 6.42 Å². The minimum Gasteiger partial charge on any atom is -0.456 e. The van der Waals surface area contributed by atoms with Crippen LogP contribution >= 0.6 is 0 Å². The van der Waals surface area contributed by atoms with Gasteiger partial charge in [0, 0.05) is 11.1 Å².